The van der Waals surface area contributed by atoms with Gasteiger partial charge in [-0.05, 0) is 31.0 Å². The zero-order valence-corrected chi connectivity index (χ0v) is 13.6. The number of ether oxygens (including phenoxy) is 1. The van der Waals surface area contributed by atoms with Crippen LogP contribution in [0.4, 0.5) is 4.39 Å². The van der Waals surface area contributed by atoms with E-state index in [0.29, 0.717) is 12.0 Å². The number of esters is 1. The number of nitrogens with zero attached hydrogens (tertiary/aromatic N) is 2. The third-order valence-corrected chi connectivity index (χ3v) is 3.41. The van der Waals surface area contributed by atoms with Crippen molar-refractivity contribution >= 4 is 11.9 Å². The maximum atomic E-state index is 13.1. The van der Waals surface area contributed by atoms with Crippen molar-refractivity contribution in [2.75, 3.05) is 13.6 Å². The van der Waals surface area contributed by atoms with Crippen LogP contribution in [0.15, 0.2) is 24.3 Å². The fourth-order valence-electron chi connectivity index (χ4n) is 2.08. The second kappa shape index (κ2) is 8.89. The number of rotatable bonds is 7. The summed E-state index contributed by atoms with van der Waals surface area (Å²) in [7, 11) is 1.56. The summed E-state index contributed by atoms with van der Waals surface area (Å²) in [5, 5.41) is 8.51. The van der Waals surface area contributed by atoms with Crippen LogP contribution in [0.5, 0.6) is 0 Å². The molecule has 0 spiro atoms. The molecule has 0 aliphatic carbocycles. The minimum Gasteiger partial charge on any atom is -0.452 e. The Labute approximate surface area is 135 Å². The van der Waals surface area contributed by atoms with Gasteiger partial charge in [0.2, 0.25) is 0 Å². The van der Waals surface area contributed by atoms with Crippen LogP contribution in [0.25, 0.3) is 0 Å². The van der Waals surface area contributed by atoms with E-state index in [-0.39, 0.29) is 24.7 Å². The largest absolute Gasteiger partial charge is 0.452 e. The smallest absolute Gasteiger partial charge is 0.309 e. The van der Waals surface area contributed by atoms with Crippen molar-refractivity contribution in [3.8, 4) is 6.07 Å². The monoisotopic (exact) mass is 320 g/mol. The Hall–Kier alpha value is -2.42. The van der Waals surface area contributed by atoms with Crippen LogP contribution < -0.4 is 0 Å². The van der Waals surface area contributed by atoms with Crippen LogP contribution in [0.1, 0.15) is 25.8 Å². The molecule has 2 unspecified atom stereocenters. The summed E-state index contributed by atoms with van der Waals surface area (Å²) in [5.41, 5.74) is 0.694. The molecule has 1 amide bonds. The molecule has 124 valence electrons. The highest BCUT2D eigenvalue weighted by Gasteiger charge is 2.24. The number of likely N-dealkylation sites (N-methyl/N-ethyl adjacent to an activating group) is 1. The van der Waals surface area contributed by atoms with E-state index < -0.39 is 18.0 Å². The van der Waals surface area contributed by atoms with Crippen molar-refractivity contribution in [2.24, 2.45) is 5.92 Å². The van der Waals surface area contributed by atoms with Crippen LogP contribution >= 0.6 is 0 Å². The molecule has 0 N–H and O–H groups in total. The second-order valence-corrected chi connectivity index (χ2v) is 5.48. The Balaban J connectivity index is 2.54. The van der Waals surface area contributed by atoms with E-state index in [4.69, 9.17) is 10.00 Å². The summed E-state index contributed by atoms with van der Waals surface area (Å²) >= 11 is 0. The van der Waals surface area contributed by atoms with E-state index >= 15 is 0 Å². The molecule has 1 aromatic rings. The molecular weight excluding hydrogens is 299 g/mol. The number of carbonyl (C=O) groups is 2. The minimum absolute atomic E-state index is 0.221. The Bertz CT molecular complexity index is 598. The van der Waals surface area contributed by atoms with E-state index in [1.165, 1.54) is 24.0 Å². The lowest BCUT2D eigenvalue weighted by Crippen LogP contribution is -2.38. The quantitative estimate of drug-likeness (QED) is 0.723. The second-order valence-electron chi connectivity index (χ2n) is 5.48. The van der Waals surface area contributed by atoms with Crippen molar-refractivity contribution in [3.05, 3.63) is 35.6 Å². The molecule has 0 fully saturated rings. The van der Waals surface area contributed by atoms with Gasteiger partial charge >= 0.3 is 5.97 Å². The van der Waals surface area contributed by atoms with Crippen molar-refractivity contribution < 1.29 is 18.7 Å². The highest BCUT2D eigenvalue weighted by Crippen LogP contribution is 2.13. The highest BCUT2D eigenvalue weighted by atomic mass is 19.1. The average Bonchev–Trinajstić information content (AvgIpc) is 2.51. The first-order valence-electron chi connectivity index (χ1n) is 7.42. The third-order valence-electron chi connectivity index (χ3n) is 3.41. The fourth-order valence-corrected chi connectivity index (χ4v) is 2.08. The lowest BCUT2D eigenvalue weighted by atomic mass is 10.0. The Morgan fingerprint density at radius 3 is 2.70 bits per heavy atom. The number of carbonyl (C=O) groups excluding carboxylic acids is 2. The van der Waals surface area contributed by atoms with Gasteiger partial charge in [0.25, 0.3) is 5.91 Å². The molecule has 2 atom stereocenters. The van der Waals surface area contributed by atoms with Gasteiger partial charge in [0.05, 0.1) is 18.4 Å². The summed E-state index contributed by atoms with van der Waals surface area (Å²) in [6, 6.07) is 7.97. The summed E-state index contributed by atoms with van der Waals surface area (Å²) in [5.74, 6) is -1.71. The van der Waals surface area contributed by atoms with Crippen LogP contribution in [0, 0.1) is 23.1 Å². The zero-order chi connectivity index (χ0) is 17.4. The van der Waals surface area contributed by atoms with Gasteiger partial charge in [0, 0.05) is 13.6 Å². The van der Waals surface area contributed by atoms with E-state index in [2.05, 4.69) is 0 Å². The minimum atomic E-state index is -0.916. The van der Waals surface area contributed by atoms with Gasteiger partial charge in [-0.15, -0.1) is 0 Å². The molecule has 6 heteroatoms. The lowest BCUT2D eigenvalue weighted by molar-refractivity contribution is -0.161. The van der Waals surface area contributed by atoms with Crippen LogP contribution in [-0.2, 0) is 20.7 Å². The van der Waals surface area contributed by atoms with Crippen LogP contribution in [-0.4, -0.2) is 36.5 Å². The topological polar surface area (TPSA) is 70.4 Å². The van der Waals surface area contributed by atoms with E-state index in [0.717, 1.165) is 0 Å². The van der Waals surface area contributed by atoms with Gasteiger partial charge in [-0.25, -0.2) is 4.39 Å². The number of amides is 1. The van der Waals surface area contributed by atoms with Crippen molar-refractivity contribution in [3.63, 3.8) is 0 Å². The Morgan fingerprint density at radius 1 is 1.39 bits per heavy atom. The molecule has 0 radical (unpaired) electrons. The van der Waals surface area contributed by atoms with Crippen LogP contribution in [0.2, 0.25) is 0 Å². The molecule has 0 heterocycles. The number of hydrogen-bond acceptors (Lipinski definition) is 4. The molecule has 0 aliphatic rings. The van der Waals surface area contributed by atoms with Gasteiger partial charge in [-0.3, -0.25) is 9.59 Å². The predicted molar refractivity (Wildman–Crippen MR) is 82.7 cm³/mol. The van der Waals surface area contributed by atoms with Gasteiger partial charge < -0.3 is 9.64 Å². The van der Waals surface area contributed by atoms with Crippen LogP contribution in [0.3, 0.4) is 0 Å². The molecule has 0 saturated heterocycles. The number of hydrogen-bond donors (Lipinski definition) is 0. The van der Waals surface area contributed by atoms with Gasteiger partial charge in [-0.1, -0.05) is 19.1 Å². The van der Waals surface area contributed by atoms with Crippen molar-refractivity contribution in [1.82, 2.24) is 4.90 Å². The Kier molecular flexibility index (Phi) is 7.20. The molecule has 0 aromatic heterocycles. The average molecular weight is 320 g/mol. The summed E-state index contributed by atoms with van der Waals surface area (Å²) in [6.45, 7) is 3.46. The number of halogens is 1. The first-order chi connectivity index (χ1) is 10.8. The molecule has 1 aromatic carbocycles. The van der Waals surface area contributed by atoms with Gasteiger partial charge in [0.15, 0.2) is 6.10 Å². The molecule has 0 saturated carbocycles. The van der Waals surface area contributed by atoms with Crippen molar-refractivity contribution in [1.29, 1.82) is 5.26 Å². The predicted octanol–water partition coefficient (Wildman–Crippen LogP) is 2.31. The molecule has 5 nitrogen and oxygen atoms in total. The first kappa shape index (κ1) is 18.6. The van der Waals surface area contributed by atoms with E-state index in [1.807, 2.05) is 6.07 Å². The fraction of sp³-hybridized carbons (Fsp3) is 0.471. The zero-order valence-electron chi connectivity index (χ0n) is 13.6. The molecule has 1 rings (SSSR count). The SMILES string of the molecule is CC(Cc1cccc(F)c1)C(=O)OC(C)C(=O)N(C)CCC#N. The summed E-state index contributed by atoms with van der Waals surface area (Å²) < 4.78 is 18.3. The van der Waals surface area contributed by atoms with E-state index in [1.54, 1.807) is 26.1 Å². The Morgan fingerprint density at radius 2 is 2.09 bits per heavy atom. The maximum Gasteiger partial charge on any atom is 0.309 e. The molecule has 23 heavy (non-hydrogen) atoms. The standard InChI is InChI=1S/C17H21FN2O3/c1-12(10-14-6-4-7-15(18)11-14)17(22)23-13(2)16(21)20(3)9-5-8-19/h4,6-7,11-13H,5,9-10H2,1-3H3. The van der Waals surface area contributed by atoms with Gasteiger partial charge in [-0.2, -0.15) is 5.26 Å². The summed E-state index contributed by atoms with van der Waals surface area (Å²) in [6.07, 6.45) is -0.359. The lowest BCUT2D eigenvalue weighted by Gasteiger charge is -2.21. The van der Waals surface area contributed by atoms with Gasteiger partial charge in [0.1, 0.15) is 5.82 Å². The van der Waals surface area contributed by atoms with E-state index in [9.17, 15) is 14.0 Å². The maximum absolute atomic E-state index is 13.1. The molecule has 0 bridgehead atoms. The highest BCUT2D eigenvalue weighted by molar-refractivity contribution is 5.83. The summed E-state index contributed by atoms with van der Waals surface area (Å²) in [4.78, 5) is 25.4. The number of nitriles is 1. The third kappa shape index (κ3) is 6.07. The number of benzene rings is 1. The normalized spacial score (nSPS) is 12.8. The van der Waals surface area contributed by atoms with Crippen molar-refractivity contribution in [2.45, 2.75) is 32.8 Å². The molecular formula is C17H21FN2O3. The molecule has 0 aliphatic heterocycles. The first-order valence-corrected chi connectivity index (χ1v) is 7.42.